The normalized spacial score (nSPS) is 35.5. The number of carbonyl (C=O) groups excluding carboxylic acids is 1. The third-order valence-corrected chi connectivity index (χ3v) is 4.97. The van der Waals surface area contributed by atoms with E-state index >= 15 is 0 Å². The molecule has 4 heterocycles. The highest BCUT2D eigenvalue weighted by Crippen LogP contribution is 2.30. The van der Waals surface area contributed by atoms with Gasteiger partial charge in [0.25, 0.3) is 0 Å². The van der Waals surface area contributed by atoms with Gasteiger partial charge in [0.05, 0.1) is 38.3 Å². The minimum absolute atomic E-state index is 0.0978. The predicted octanol–water partition coefficient (Wildman–Crippen LogP) is 1.34. The van der Waals surface area contributed by atoms with Crippen LogP contribution in [0.25, 0.3) is 0 Å². The molecule has 130 valence electrons. The van der Waals surface area contributed by atoms with Crippen LogP contribution in [-0.4, -0.2) is 77.7 Å². The van der Waals surface area contributed by atoms with Crippen LogP contribution in [0.15, 0.2) is 24.3 Å². The molecule has 5 nitrogen and oxygen atoms in total. The van der Waals surface area contributed by atoms with Crippen molar-refractivity contribution in [2.75, 3.05) is 46.3 Å². The first kappa shape index (κ1) is 16.0. The fraction of sp³-hybridized carbons (Fsp3) is 0.562. The number of nitrogens with zero attached hydrogens (tertiary/aromatic N) is 4. The second-order valence-electron chi connectivity index (χ2n) is 6.75. The van der Waals surface area contributed by atoms with E-state index in [2.05, 4.69) is 19.6 Å². The first-order valence-corrected chi connectivity index (χ1v) is 8.03. The number of alkyl halides is 3. The second-order valence-corrected chi connectivity index (χ2v) is 6.75. The van der Waals surface area contributed by atoms with E-state index in [1.807, 2.05) is 0 Å². The first-order chi connectivity index (χ1) is 11.4. The summed E-state index contributed by atoms with van der Waals surface area (Å²) in [5.41, 5.74) is -0.378. The zero-order valence-corrected chi connectivity index (χ0v) is 13.2. The van der Waals surface area contributed by atoms with E-state index in [1.54, 1.807) is 0 Å². The van der Waals surface area contributed by atoms with Gasteiger partial charge in [-0.3, -0.25) is 24.4 Å². The Morgan fingerprint density at radius 3 is 2.04 bits per heavy atom. The molecule has 0 radical (unpaired) electrons. The lowest BCUT2D eigenvalue weighted by atomic mass is 10.0. The molecule has 0 aromatic heterocycles. The molecule has 3 unspecified atom stereocenters. The Labute approximate surface area is 138 Å². The van der Waals surface area contributed by atoms with Crippen molar-refractivity contribution in [2.24, 2.45) is 0 Å². The molecule has 0 aliphatic carbocycles. The molecular formula is C16H19F3N4O. The molecular weight excluding hydrogens is 321 g/mol. The van der Waals surface area contributed by atoms with E-state index in [9.17, 15) is 18.0 Å². The third kappa shape index (κ3) is 2.95. The van der Waals surface area contributed by atoms with Crippen LogP contribution in [0.5, 0.6) is 0 Å². The molecule has 1 aromatic carbocycles. The van der Waals surface area contributed by atoms with Gasteiger partial charge in [0.2, 0.25) is 0 Å². The largest absolute Gasteiger partial charge is 0.416 e. The quantitative estimate of drug-likeness (QED) is 0.758. The minimum atomic E-state index is -4.38. The average Bonchev–Trinajstić information content (AvgIpc) is 2.97. The number of fused-ring (bicyclic) bond motifs is 2. The number of rotatable bonds is 2. The number of benzene rings is 1. The van der Waals surface area contributed by atoms with Gasteiger partial charge in [0.15, 0.2) is 5.78 Å². The molecule has 4 saturated heterocycles. The summed E-state index contributed by atoms with van der Waals surface area (Å²) >= 11 is 0. The maximum atomic E-state index is 12.9. The monoisotopic (exact) mass is 340 g/mol. The van der Waals surface area contributed by atoms with Gasteiger partial charge in [-0.05, 0) is 12.1 Å². The van der Waals surface area contributed by atoms with E-state index in [0.29, 0.717) is 12.1 Å². The van der Waals surface area contributed by atoms with Gasteiger partial charge < -0.3 is 0 Å². The lowest BCUT2D eigenvalue weighted by molar-refractivity contribution is -0.137. The van der Waals surface area contributed by atoms with E-state index in [-0.39, 0.29) is 11.8 Å². The maximum Gasteiger partial charge on any atom is 0.416 e. The first-order valence-electron chi connectivity index (χ1n) is 8.03. The molecule has 0 N–H and O–H groups in total. The number of Topliss-reactive ketones (excluding diaryl/α,β-unsaturated/α-hetero) is 1. The van der Waals surface area contributed by atoms with Gasteiger partial charge >= 0.3 is 6.18 Å². The molecule has 8 heteroatoms. The molecule has 3 atom stereocenters. The van der Waals surface area contributed by atoms with Gasteiger partial charge in [-0.25, -0.2) is 0 Å². The van der Waals surface area contributed by atoms with Gasteiger partial charge in [0.1, 0.15) is 0 Å². The van der Waals surface area contributed by atoms with E-state index in [4.69, 9.17) is 0 Å². The highest BCUT2D eigenvalue weighted by atomic mass is 19.4. The number of ketones is 1. The molecule has 1 aromatic rings. The summed E-state index contributed by atoms with van der Waals surface area (Å²) in [5.74, 6) is -0.0978. The smallest absolute Gasteiger partial charge is 0.292 e. The number of hydrogen-bond acceptors (Lipinski definition) is 5. The fourth-order valence-electron chi connectivity index (χ4n) is 3.76. The van der Waals surface area contributed by atoms with Gasteiger partial charge in [-0.15, -0.1) is 0 Å². The Balaban J connectivity index is 1.58. The number of hydrogen-bond donors (Lipinski definition) is 0. The molecule has 5 rings (SSSR count). The lowest BCUT2D eigenvalue weighted by Gasteiger charge is -2.30. The van der Waals surface area contributed by atoms with E-state index < -0.39 is 11.7 Å². The van der Waals surface area contributed by atoms with Crippen molar-refractivity contribution in [1.29, 1.82) is 0 Å². The molecule has 4 fully saturated rings. The molecule has 4 aliphatic heterocycles. The Morgan fingerprint density at radius 1 is 0.917 bits per heavy atom. The zero-order valence-electron chi connectivity index (χ0n) is 13.2. The maximum absolute atomic E-state index is 12.9. The van der Waals surface area contributed by atoms with Crippen molar-refractivity contribution >= 4 is 5.78 Å². The van der Waals surface area contributed by atoms with Gasteiger partial charge in [-0.2, -0.15) is 13.2 Å². The summed E-state index contributed by atoms with van der Waals surface area (Å²) in [7, 11) is 0. The van der Waals surface area contributed by atoms with Crippen molar-refractivity contribution in [3.8, 4) is 0 Å². The van der Waals surface area contributed by atoms with Crippen LogP contribution in [-0.2, 0) is 6.18 Å². The zero-order chi connectivity index (χ0) is 16.9. The van der Waals surface area contributed by atoms with E-state index in [0.717, 1.165) is 51.9 Å². The van der Waals surface area contributed by atoms with E-state index in [1.165, 1.54) is 12.1 Å². The summed E-state index contributed by atoms with van der Waals surface area (Å²) in [6.07, 6.45) is -4.38. The van der Waals surface area contributed by atoms with Crippen LogP contribution in [0, 0.1) is 0 Å². The van der Waals surface area contributed by atoms with Crippen LogP contribution in [0.2, 0.25) is 0 Å². The topological polar surface area (TPSA) is 30.0 Å². The highest BCUT2D eigenvalue weighted by Gasteiger charge is 2.40. The Hall–Kier alpha value is -1.48. The fourth-order valence-corrected chi connectivity index (χ4v) is 3.76. The summed E-state index contributed by atoms with van der Waals surface area (Å²) < 4.78 is 38.1. The lowest BCUT2D eigenvalue weighted by Crippen LogP contribution is -2.47. The van der Waals surface area contributed by atoms with Crippen molar-refractivity contribution < 1.29 is 18.0 Å². The minimum Gasteiger partial charge on any atom is -0.292 e. The predicted molar refractivity (Wildman–Crippen MR) is 81.0 cm³/mol. The van der Waals surface area contributed by atoms with Crippen molar-refractivity contribution in [1.82, 2.24) is 19.6 Å². The standard InChI is InChI=1S/C16H19F3N4O/c17-16(18,19)13-3-1-12(2-4-13)15(24)14-7-22-8-20-5-6-21(9-22)11-23(14)10-20/h1-4,14H,5-11H2. The summed E-state index contributed by atoms with van der Waals surface area (Å²) in [6, 6.07) is 4.26. The molecule has 0 saturated carbocycles. The molecule has 4 bridgehead atoms. The third-order valence-electron chi connectivity index (χ3n) is 4.97. The Bertz CT molecular complexity index is 617. The van der Waals surface area contributed by atoms with Crippen LogP contribution in [0.3, 0.4) is 0 Å². The van der Waals surface area contributed by atoms with Crippen LogP contribution in [0.4, 0.5) is 13.2 Å². The van der Waals surface area contributed by atoms with Gasteiger partial charge in [-0.1, -0.05) is 12.1 Å². The highest BCUT2D eigenvalue weighted by molar-refractivity contribution is 6.00. The Morgan fingerprint density at radius 2 is 1.50 bits per heavy atom. The van der Waals surface area contributed by atoms with Crippen LogP contribution < -0.4 is 0 Å². The SMILES string of the molecule is O=C(c1ccc(C(F)(F)F)cc1)C1CN2CN3CCN(C2)CN1C3. The summed E-state index contributed by atoms with van der Waals surface area (Å²) in [5, 5.41) is 0. The average molecular weight is 340 g/mol. The van der Waals surface area contributed by atoms with Crippen molar-refractivity contribution in [3.63, 3.8) is 0 Å². The number of halogens is 3. The molecule has 0 amide bonds. The molecule has 24 heavy (non-hydrogen) atoms. The van der Waals surface area contributed by atoms with Gasteiger partial charge in [0, 0.05) is 25.2 Å². The van der Waals surface area contributed by atoms with Crippen molar-refractivity contribution in [2.45, 2.75) is 12.2 Å². The molecule has 4 aliphatic rings. The Kier molecular flexibility index (Phi) is 3.87. The van der Waals surface area contributed by atoms with Crippen molar-refractivity contribution in [3.05, 3.63) is 35.4 Å². The number of carbonyl (C=O) groups is 1. The summed E-state index contributed by atoms with van der Waals surface area (Å²) in [4.78, 5) is 21.9. The van der Waals surface area contributed by atoms with Crippen LogP contribution in [0.1, 0.15) is 15.9 Å². The molecule has 0 spiro atoms. The van der Waals surface area contributed by atoms with Crippen LogP contribution >= 0.6 is 0 Å². The second kappa shape index (κ2) is 5.80. The summed E-state index contributed by atoms with van der Waals surface area (Å²) in [6.45, 7) is 5.71.